The molecule has 3 rings (SSSR count). The lowest BCUT2D eigenvalue weighted by atomic mass is 9.93. The average molecular weight is 288 g/mol. The number of ether oxygens (including phenoxy) is 1. The Bertz CT molecular complexity index is 497. The van der Waals surface area contributed by atoms with E-state index in [1.807, 2.05) is 18.0 Å². The molecule has 1 aromatic rings. The molecule has 2 aliphatic rings. The molecule has 0 radical (unpaired) electrons. The van der Waals surface area contributed by atoms with Crippen molar-refractivity contribution in [2.45, 2.75) is 25.3 Å². The molecular formula is C17H24N2O2. The second-order valence-corrected chi connectivity index (χ2v) is 6.11. The third kappa shape index (κ3) is 3.27. The Balaban J connectivity index is 1.67. The third-order valence-electron chi connectivity index (χ3n) is 4.61. The van der Waals surface area contributed by atoms with E-state index >= 15 is 0 Å². The fourth-order valence-corrected chi connectivity index (χ4v) is 3.35. The number of rotatable bonds is 3. The van der Waals surface area contributed by atoms with Gasteiger partial charge in [0.25, 0.3) is 0 Å². The minimum atomic E-state index is -0.181. The highest BCUT2D eigenvalue weighted by Crippen LogP contribution is 2.25. The first-order valence-electron chi connectivity index (χ1n) is 7.89. The molecule has 1 fully saturated rings. The van der Waals surface area contributed by atoms with E-state index < -0.39 is 0 Å². The number of nitrogens with zero attached hydrogens (tertiary/aromatic N) is 1. The van der Waals surface area contributed by atoms with Crippen LogP contribution >= 0.6 is 0 Å². The third-order valence-corrected chi connectivity index (χ3v) is 4.61. The summed E-state index contributed by atoms with van der Waals surface area (Å²) in [6, 6.07) is 8.10. The van der Waals surface area contributed by atoms with Crippen LogP contribution in [0.5, 0.6) is 0 Å². The standard InChI is InChI=1S/C17H24N2O2/c1-19(12-13-7-10-21-11-8-13)17(20)16-15-5-3-2-4-14(15)6-9-18-16/h2-5,13,16,18H,6-12H2,1H3. The summed E-state index contributed by atoms with van der Waals surface area (Å²) < 4.78 is 5.39. The van der Waals surface area contributed by atoms with Gasteiger partial charge < -0.3 is 15.0 Å². The number of nitrogens with one attached hydrogen (secondary N) is 1. The van der Waals surface area contributed by atoms with E-state index in [0.29, 0.717) is 5.92 Å². The van der Waals surface area contributed by atoms with Crippen LogP contribution in [0.25, 0.3) is 0 Å². The number of hydrogen-bond acceptors (Lipinski definition) is 3. The highest BCUT2D eigenvalue weighted by Gasteiger charge is 2.29. The van der Waals surface area contributed by atoms with Crippen LogP contribution in [0, 0.1) is 5.92 Å². The fraction of sp³-hybridized carbons (Fsp3) is 0.588. The summed E-state index contributed by atoms with van der Waals surface area (Å²) in [5.74, 6) is 0.764. The molecule has 1 unspecified atom stereocenters. The van der Waals surface area contributed by atoms with Crippen LogP contribution in [-0.4, -0.2) is 44.2 Å². The van der Waals surface area contributed by atoms with E-state index in [1.165, 1.54) is 5.56 Å². The smallest absolute Gasteiger partial charge is 0.244 e. The second-order valence-electron chi connectivity index (χ2n) is 6.11. The van der Waals surface area contributed by atoms with Crippen LogP contribution in [0.15, 0.2) is 24.3 Å². The van der Waals surface area contributed by atoms with Crippen LogP contribution < -0.4 is 5.32 Å². The van der Waals surface area contributed by atoms with Gasteiger partial charge in [0, 0.05) is 33.4 Å². The molecular weight excluding hydrogens is 264 g/mol. The van der Waals surface area contributed by atoms with Gasteiger partial charge in [-0.1, -0.05) is 24.3 Å². The van der Waals surface area contributed by atoms with E-state index in [0.717, 1.165) is 51.1 Å². The first kappa shape index (κ1) is 14.5. The highest BCUT2D eigenvalue weighted by molar-refractivity contribution is 5.83. The van der Waals surface area contributed by atoms with Crippen LogP contribution in [-0.2, 0) is 16.0 Å². The topological polar surface area (TPSA) is 41.6 Å². The molecule has 1 aromatic carbocycles. The first-order chi connectivity index (χ1) is 10.3. The Morgan fingerprint density at radius 2 is 2.10 bits per heavy atom. The second kappa shape index (κ2) is 6.58. The van der Waals surface area contributed by atoms with Gasteiger partial charge >= 0.3 is 0 Å². The van der Waals surface area contributed by atoms with Gasteiger partial charge in [-0.3, -0.25) is 4.79 Å². The van der Waals surface area contributed by atoms with E-state index in [9.17, 15) is 4.79 Å². The zero-order valence-electron chi connectivity index (χ0n) is 12.7. The van der Waals surface area contributed by atoms with Gasteiger partial charge in [0.2, 0.25) is 5.91 Å². The zero-order chi connectivity index (χ0) is 14.7. The number of likely N-dealkylation sites (N-methyl/N-ethyl adjacent to an activating group) is 1. The number of carbonyl (C=O) groups is 1. The van der Waals surface area contributed by atoms with Crippen LogP contribution in [0.1, 0.15) is 30.0 Å². The van der Waals surface area contributed by atoms with Gasteiger partial charge in [0.15, 0.2) is 0 Å². The molecule has 2 heterocycles. The van der Waals surface area contributed by atoms with Crippen molar-refractivity contribution in [1.82, 2.24) is 10.2 Å². The lowest BCUT2D eigenvalue weighted by Crippen LogP contribution is -2.44. The Morgan fingerprint density at radius 3 is 2.90 bits per heavy atom. The van der Waals surface area contributed by atoms with E-state index in [4.69, 9.17) is 4.74 Å². The number of amides is 1. The van der Waals surface area contributed by atoms with Crippen molar-refractivity contribution >= 4 is 5.91 Å². The average Bonchev–Trinajstić information content (AvgIpc) is 2.54. The lowest BCUT2D eigenvalue weighted by Gasteiger charge is -2.32. The maximum absolute atomic E-state index is 12.8. The summed E-state index contributed by atoms with van der Waals surface area (Å²) in [4.78, 5) is 14.7. The molecule has 0 bridgehead atoms. The minimum absolute atomic E-state index is 0.181. The summed E-state index contributed by atoms with van der Waals surface area (Å²) in [6.45, 7) is 3.37. The summed E-state index contributed by atoms with van der Waals surface area (Å²) in [6.07, 6.45) is 3.13. The summed E-state index contributed by atoms with van der Waals surface area (Å²) in [7, 11) is 1.93. The highest BCUT2D eigenvalue weighted by atomic mass is 16.5. The molecule has 114 valence electrons. The van der Waals surface area contributed by atoms with Gasteiger partial charge in [-0.15, -0.1) is 0 Å². The minimum Gasteiger partial charge on any atom is -0.381 e. The van der Waals surface area contributed by atoms with Gasteiger partial charge in [-0.2, -0.15) is 0 Å². The Hall–Kier alpha value is -1.39. The molecule has 0 aliphatic carbocycles. The number of hydrogen-bond donors (Lipinski definition) is 1. The van der Waals surface area contributed by atoms with Gasteiger partial charge in [-0.05, 0) is 36.3 Å². The van der Waals surface area contributed by atoms with Crippen LogP contribution in [0.4, 0.5) is 0 Å². The van der Waals surface area contributed by atoms with Crippen molar-refractivity contribution < 1.29 is 9.53 Å². The molecule has 1 atom stereocenters. The van der Waals surface area contributed by atoms with Gasteiger partial charge in [0.1, 0.15) is 6.04 Å². The van der Waals surface area contributed by atoms with Crippen LogP contribution in [0.3, 0.4) is 0 Å². The van der Waals surface area contributed by atoms with Crippen molar-refractivity contribution in [1.29, 1.82) is 0 Å². The predicted octanol–water partition coefficient (Wildman–Crippen LogP) is 1.76. The Morgan fingerprint density at radius 1 is 1.33 bits per heavy atom. The van der Waals surface area contributed by atoms with Crippen molar-refractivity contribution in [2.75, 3.05) is 33.4 Å². The van der Waals surface area contributed by atoms with E-state index in [-0.39, 0.29) is 11.9 Å². The maximum atomic E-state index is 12.8. The monoisotopic (exact) mass is 288 g/mol. The van der Waals surface area contributed by atoms with E-state index in [1.54, 1.807) is 0 Å². The van der Waals surface area contributed by atoms with Crippen molar-refractivity contribution in [3.8, 4) is 0 Å². The van der Waals surface area contributed by atoms with Crippen molar-refractivity contribution in [3.63, 3.8) is 0 Å². The normalized spacial score (nSPS) is 22.6. The molecule has 0 aromatic heterocycles. The molecule has 1 amide bonds. The molecule has 4 heteroatoms. The molecule has 21 heavy (non-hydrogen) atoms. The summed E-state index contributed by atoms with van der Waals surface area (Å²) in [5, 5.41) is 3.38. The maximum Gasteiger partial charge on any atom is 0.244 e. The summed E-state index contributed by atoms with van der Waals surface area (Å²) >= 11 is 0. The SMILES string of the molecule is CN(CC1CCOCC1)C(=O)C1NCCc2ccccc21. The van der Waals surface area contributed by atoms with E-state index in [2.05, 4.69) is 23.5 Å². The first-order valence-corrected chi connectivity index (χ1v) is 7.89. The van der Waals surface area contributed by atoms with Gasteiger partial charge in [-0.25, -0.2) is 0 Å². The number of fused-ring (bicyclic) bond motifs is 1. The van der Waals surface area contributed by atoms with Crippen LogP contribution in [0.2, 0.25) is 0 Å². The van der Waals surface area contributed by atoms with Gasteiger partial charge in [0.05, 0.1) is 0 Å². The van der Waals surface area contributed by atoms with Crippen molar-refractivity contribution in [2.24, 2.45) is 5.92 Å². The molecule has 4 nitrogen and oxygen atoms in total. The largest absolute Gasteiger partial charge is 0.381 e. The van der Waals surface area contributed by atoms with Crippen molar-refractivity contribution in [3.05, 3.63) is 35.4 Å². The zero-order valence-corrected chi connectivity index (χ0v) is 12.7. The lowest BCUT2D eigenvalue weighted by molar-refractivity contribution is -0.133. The Kier molecular flexibility index (Phi) is 4.56. The molecule has 0 spiro atoms. The quantitative estimate of drug-likeness (QED) is 0.921. The molecule has 1 saturated heterocycles. The molecule has 2 aliphatic heterocycles. The fourth-order valence-electron chi connectivity index (χ4n) is 3.35. The number of carbonyl (C=O) groups excluding carboxylic acids is 1. The molecule has 0 saturated carbocycles. The predicted molar refractivity (Wildman–Crippen MR) is 82.1 cm³/mol. The summed E-state index contributed by atoms with van der Waals surface area (Å²) in [5.41, 5.74) is 2.45. The molecule has 1 N–H and O–H groups in total. The number of benzene rings is 1. The Labute approximate surface area is 126 Å².